The quantitative estimate of drug-likeness (QED) is 0.352. The van der Waals surface area contributed by atoms with Crippen LogP contribution in [0.5, 0.6) is 0 Å². The van der Waals surface area contributed by atoms with Crippen molar-refractivity contribution < 1.29 is 0 Å². The van der Waals surface area contributed by atoms with Crippen LogP contribution in [0.25, 0.3) is 50.3 Å². The first-order valence-corrected chi connectivity index (χ1v) is 11.2. The fourth-order valence-corrected chi connectivity index (χ4v) is 4.16. The summed E-state index contributed by atoms with van der Waals surface area (Å²) in [5.41, 5.74) is 9.09. The molecule has 6 rings (SSSR count). The second-order valence-electron chi connectivity index (χ2n) is 8.25. The van der Waals surface area contributed by atoms with Gasteiger partial charge in [0.2, 0.25) is 0 Å². The van der Waals surface area contributed by atoms with Gasteiger partial charge in [-0.25, -0.2) is 9.97 Å². The number of hydrogen-bond acceptors (Lipinski definition) is 6. The maximum Gasteiger partial charge on any atom is 0.135 e. The first-order valence-electron chi connectivity index (χ1n) is 11.2. The topological polar surface area (TPSA) is 113 Å². The van der Waals surface area contributed by atoms with Crippen LogP contribution in [0.2, 0.25) is 0 Å². The van der Waals surface area contributed by atoms with Gasteiger partial charge in [-0.15, -0.1) is 0 Å². The molecule has 0 aliphatic carbocycles. The molecule has 0 bridgehead atoms. The zero-order valence-electron chi connectivity index (χ0n) is 18.9. The molecule has 0 saturated carbocycles. The molecule has 9 nitrogen and oxygen atoms in total. The van der Waals surface area contributed by atoms with E-state index in [9.17, 15) is 0 Å². The Labute approximate surface area is 195 Å². The first-order chi connectivity index (χ1) is 16.7. The summed E-state index contributed by atoms with van der Waals surface area (Å²) >= 11 is 0. The lowest BCUT2D eigenvalue weighted by Crippen LogP contribution is -2.11. The molecule has 9 heteroatoms. The maximum absolute atomic E-state index is 4.95. The Morgan fingerprint density at radius 1 is 1.03 bits per heavy atom. The van der Waals surface area contributed by atoms with E-state index in [0.29, 0.717) is 0 Å². The highest BCUT2D eigenvalue weighted by atomic mass is 15.1. The number of pyridine rings is 3. The van der Waals surface area contributed by atoms with Crippen molar-refractivity contribution in [1.82, 2.24) is 45.0 Å². The third-order valence-electron chi connectivity index (χ3n) is 5.85. The fraction of sp³-hybridized carbons (Fsp3) is 0.160. The molecule has 0 unspecified atom stereocenters. The summed E-state index contributed by atoms with van der Waals surface area (Å²) in [7, 11) is 0. The number of nitrogens with zero attached hydrogens (tertiary/aromatic N) is 6. The van der Waals surface area contributed by atoms with E-state index in [1.165, 1.54) is 0 Å². The summed E-state index contributed by atoms with van der Waals surface area (Å²) in [6.45, 7) is 5.75. The number of hydrogen-bond donors (Lipinski definition) is 3. The van der Waals surface area contributed by atoms with E-state index >= 15 is 0 Å². The number of imidazole rings is 1. The van der Waals surface area contributed by atoms with E-state index in [2.05, 4.69) is 54.5 Å². The molecule has 0 aliphatic rings. The molecule has 0 spiro atoms. The molecule has 0 aromatic carbocycles. The fourth-order valence-electron chi connectivity index (χ4n) is 4.16. The Bertz CT molecular complexity index is 1620. The zero-order valence-corrected chi connectivity index (χ0v) is 18.9. The van der Waals surface area contributed by atoms with Crippen molar-refractivity contribution in [2.75, 3.05) is 6.54 Å². The highest BCUT2D eigenvalue weighted by Crippen LogP contribution is 2.31. The lowest BCUT2D eigenvalue weighted by atomic mass is 10.1. The molecule has 0 radical (unpaired) electrons. The monoisotopic (exact) mass is 449 g/mol. The Morgan fingerprint density at radius 2 is 1.94 bits per heavy atom. The molecule has 34 heavy (non-hydrogen) atoms. The SMILES string of the molecule is CCNCc1cncc(-c2ccc3[nH]nc(-c4cc5c(-n6cnc(C)c6)cncc5[nH]4)c3n2)c1. The van der Waals surface area contributed by atoms with Crippen molar-refractivity contribution >= 4 is 21.9 Å². The van der Waals surface area contributed by atoms with Gasteiger partial charge in [0.1, 0.15) is 11.2 Å². The van der Waals surface area contributed by atoms with E-state index in [4.69, 9.17) is 4.98 Å². The van der Waals surface area contributed by atoms with Gasteiger partial charge in [0, 0.05) is 36.1 Å². The minimum atomic E-state index is 0.762. The minimum Gasteiger partial charge on any atom is -0.352 e. The molecule has 6 heterocycles. The second kappa shape index (κ2) is 8.20. The Balaban J connectivity index is 1.44. The molecule has 6 aromatic rings. The van der Waals surface area contributed by atoms with Crippen LogP contribution in [-0.2, 0) is 6.54 Å². The summed E-state index contributed by atoms with van der Waals surface area (Å²) in [6, 6.07) is 8.21. The predicted molar refractivity (Wildman–Crippen MR) is 131 cm³/mol. The molecule has 0 atom stereocenters. The Kier molecular flexibility index (Phi) is 4.88. The highest BCUT2D eigenvalue weighted by Gasteiger charge is 2.16. The number of H-pyrrole nitrogens is 2. The number of aromatic amines is 2. The summed E-state index contributed by atoms with van der Waals surface area (Å²) < 4.78 is 1.98. The highest BCUT2D eigenvalue weighted by molar-refractivity contribution is 5.96. The normalized spacial score (nSPS) is 11.6. The summed E-state index contributed by atoms with van der Waals surface area (Å²) in [5.74, 6) is 0. The molecule has 168 valence electrons. The number of aryl methyl sites for hydroxylation is 1. The summed E-state index contributed by atoms with van der Waals surface area (Å²) in [6.07, 6.45) is 11.2. The summed E-state index contributed by atoms with van der Waals surface area (Å²) in [5, 5.41) is 12.1. The third-order valence-corrected chi connectivity index (χ3v) is 5.85. The van der Waals surface area contributed by atoms with Gasteiger partial charge in [0.25, 0.3) is 0 Å². The van der Waals surface area contributed by atoms with Gasteiger partial charge in [0.05, 0.1) is 52.5 Å². The average Bonchev–Trinajstić information content (AvgIpc) is 3.59. The molecule has 6 aromatic heterocycles. The number of nitrogens with one attached hydrogen (secondary N) is 3. The first kappa shape index (κ1) is 20.3. The second-order valence-corrected chi connectivity index (χ2v) is 8.25. The smallest absolute Gasteiger partial charge is 0.135 e. The summed E-state index contributed by atoms with van der Waals surface area (Å²) in [4.78, 5) is 21.6. The average molecular weight is 450 g/mol. The maximum atomic E-state index is 4.95. The van der Waals surface area contributed by atoms with Crippen molar-refractivity contribution in [2.24, 2.45) is 0 Å². The Hall–Kier alpha value is -4.37. The van der Waals surface area contributed by atoms with Crippen molar-refractivity contribution in [3.63, 3.8) is 0 Å². The standard InChI is InChI=1S/C25H23N9/c1-3-26-8-16-6-17(10-27-9-16)19-4-5-20-24(31-19)25(33-32-20)21-7-18-22(30-21)11-28-12-23(18)34-13-15(2)29-14-34/h4-7,9-14,26,30H,3,8H2,1-2H3,(H,32,33). The van der Waals surface area contributed by atoms with Crippen molar-refractivity contribution in [2.45, 2.75) is 20.4 Å². The van der Waals surface area contributed by atoms with Crippen molar-refractivity contribution in [3.05, 3.63) is 72.8 Å². The molecular weight excluding hydrogens is 426 g/mol. The van der Waals surface area contributed by atoms with Gasteiger partial charge in [0.15, 0.2) is 0 Å². The molecule has 0 fully saturated rings. The zero-order chi connectivity index (χ0) is 23.1. The van der Waals surface area contributed by atoms with Gasteiger partial charge in [-0.2, -0.15) is 5.10 Å². The van der Waals surface area contributed by atoms with Crippen LogP contribution in [0.3, 0.4) is 0 Å². The molecular formula is C25H23N9. The number of rotatable bonds is 6. The lowest BCUT2D eigenvalue weighted by molar-refractivity contribution is 0.724. The van der Waals surface area contributed by atoms with Crippen LogP contribution in [0, 0.1) is 6.92 Å². The van der Waals surface area contributed by atoms with Crippen LogP contribution < -0.4 is 5.32 Å². The van der Waals surface area contributed by atoms with Crippen LogP contribution in [0.1, 0.15) is 18.2 Å². The van der Waals surface area contributed by atoms with E-state index in [0.717, 1.165) is 74.6 Å². The molecule has 3 N–H and O–H groups in total. The van der Waals surface area contributed by atoms with Crippen LogP contribution in [0.4, 0.5) is 0 Å². The number of aromatic nitrogens is 8. The van der Waals surface area contributed by atoms with Crippen LogP contribution >= 0.6 is 0 Å². The van der Waals surface area contributed by atoms with E-state index in [1.807, 2.05) is 54.6 Å². The van der Waals surface area contributed by atoms with Gasteiger partial charge < -0.3 is 14.9 Å². The van der Waals surface area contributed by atoms with Crippen LogP contribution in [-0.4, -0.2) is 46.2 Å². The van der Waals surface area contributed by atoms with E-state index in [-0.39, 0.29) is 0 Å². The molecule has 0 amide bonds. The Morgan fingerprint density at radius 3 is 2.79 bits per heavy atom. The van der Waals surface area contributed by atoms with Crippen molar-refractivity contribution in [1.29, 1.82) is 0 Å². The van der Waals surface area contributed by atoms with Gasteiger partial charge >= 0.3 is 0 Å². The largest absolute Gasteiger partial charge is 0.352 e. The van der Waals surface area contributed by atoms with E-state index in [1.54, 1.807) is 6.33 Å². The van der Waals surface area contributed by atoms with Crippen molar-refractivity contribution in [3.8, 4) is 28.3 Å². The molecule has 0 saturated heterocycles. The van der Waals surface area contributed by atoms with Crippen LogP contribution in [0.15, 0.2) is 61.6 Å². The lowest BCUT2D eigenvalue weighted by Gasteiger charge is -2.05. The van der Waals surface area contributed by atoms with Gasteiger partial charge in [-0.1, -0.05) is 6.92 Å². The minimum absolute atomic E-state index is 0.762. The number of fused-ring (bicyclic) bond motifs is 2. The van der Waals surface area contributed by atoms with Gasteiger partial charge in [-0.05, 0) is 43.3 Å². The molecule has 0 aliphatic heterocycles. The van der Waals surface area contributed by atoms with E-state index < -0.39 is 0 Å². The third kappa shape index (κ3) is 3.52. The predicted octanol–water partition coefficient (Wildman–Crippen LogP) is 4.17. The van der Waals surface area contributed by atoms with Gasteiger partial charge in [-0.3, -0.25) is 15.1 Å².